The highest BCUT2D eigenvalue weighted by Crippen LogP contribution is 2.19. The number of rotatable bonds is 9. The molecule has 4 rings (SSSR count). The van der Waals surface area contributed by atoms with Crippen LogP contribution in [0.3, 0.4) is 0 Å². The predicted molar refractivity (Wildman–Crippen MR) is 134 cm³/mol. The van der Waals surface area contributed by atoms with Gasteiger partial charge in [0.25, 0.3) is 0 Å². The van der Waals surface area contributed by atoms with E-state index in [4.69, 9.17) is 11.6 Å². The first-order chi connectivity index (χ1) is 16.5. The van der Waals surface area contributed by atoms with Crippen LogP contribution in [0.25, 0.3) is 10.9 Å². The van der Waals surface area contributed by atoms with Gasteiger partial charge in [-0.1, -0.05) is 41.9 Å². The molecule has 1 aromatic heterocycles. The average Bonchev–Trinajstić information content (AvgIpc) is 3.27. The molecule has 0 spiro atoms. The van der Waals surface area contributed by atoms with Crippen LogP contribution < -0.4 is 16.0 Å². The molecule has 0 bridgehead atoms. The number of aliphatic hydroxyl groups excluding tert-OH is 1. The molecule has 1 fully saturated rings. The molecule has 0 saturated carbocycles. The fraction of sp³-hybridized carbons (Fsp3) is 0.385. The van der Waals surface area contributed by atoms with Crippen molar-refractivity contribution in [2.75, 3.05) is 19.7 Å². The van der Waals surface area contributed by atoms with Gasteiger partial charge >= 0.3 is 0 Å². The number of benzene rings is 2. The molecule has 3 aromatic rings. The van der Waals surface area contributed by atoms with Gasteiger partial charge in [-0.3, -0.25) is 9.59 Å². The maximum Gasteiger partial charge on any atom is 0.243 e. The number of carbonyl (C=O) groups excluding carboxylic acids is 2. The Labute approximate surface area is 204 Å². The molecule has 180 valence electrons. The molecule has 2 heterocycles. The van der Waals surface area contributed by atoms with Crippen LogP contribution in [0.15, 0.2) is 54.7 Å². The number of aromatic amines is 1. The number of hydrogen-bond donors (Lipinski definition) is 5. The predicted octanol–water partition coefficient (Wildman–Crippen LogP) is 2.57. The smallest absolute Gasteiger partial charge is 0.243 e. The molecule has 0 unspecified atom stereocenters. The van der Waals surface area contributed by atoms with Crippen molar-refractivity contribution in [2.24, 2.45) is 5.92 Å². The molecule has 2 amide bonds. The molecule has 7 nitrogen and oxygen atoms in total. The van der Waals surface area contributed by atoms with E-state index < -0.39 is 12.1 Å². The maximum absolute atomic E-state index is 13.3. The summed E-state index contributed by atoms with van der Waals surface area (Å²) in [5.41, 5.74) is 2.92. The van der Waals surface area contributed by atoms with Crippen molar-refractivity contribution >= 4 is 34.3 Å². The fourth-order valence-electron chi connectivity index (χ4n) is 4.47. The van der Waals surface area contributed by atoms with E-state index in [0.29, 0.717) is 17.9 Å². The second-order valence-electron chi connectivity index (χ2n) is 8.87. The molecule has 2 aromatic carbocycles. The third-order valence-corrected chi connectivity index (χ3v) is 6.66. The third kappa shape index (κ3) is 6.17. The van der Waals surface area contributed by atoms with Crippen LogP contribution in [0.4, 0.5) is 0 Å². The van der Waals surface area contributed by atoms with Crippen molar-refractivity contribution in [2.45, 2.75) is 37.8 Å². The Hall–Kier alpha value is -2.87. The van der Waals surface area contributed by atoms with Gasteiger partial charge < -0.3 is 26.0 Å². The summed E-state index contributed by atoms with van der Waals surface area (Å²) in [6.07, 6.45) is 4.22. The van der Waals surface area contributed by atoms with Gasteiger partial charge in [0, 0.05) is 34.5 Å². The minimum absolute atomic E-state index is 0.104. The first-order valence-corrected chi connectivity index (χ1v) is 12.1. The Morgan fingerprint density at radius 3 is 2.50 bits per heavy atom. The Morgan fingerprint density at radius 2 is 1.76 bits per heavy atom. The largest absolute Gasteiger partial charge is 0.394 e. The van der Waals surface area contributed by atoms with Crippen LogP contribution in [0, 0.1) is 5.92 Å². The molecule has 1 aliphatic rings. The van der Waals surface area contributed by atoms with E-state index in [1.807, 2.05) is 42.6 Å². The van der Waals surface area contributed by atoms with Crippen molar-refractivity contribution in [3.63, 3.8) is 0 Å². The van der Waals surface area contributed by atoms with Crippen molar-refractivity contribution in [1.29, 1.82) is 0 Å². The normalized spacial score (nSPS) is 16.2. The Balaban J connectivity index is 1.47. The quantitative estimate of drug-likeness (QED) is 0.323. The van der Waals surface area contributed by atoms with Crippen molar-refractivity contribution in [3.05, 3.63) is 70.9 Å². The van der Waals surface area contributed by atoms with Crippen molar-refractivity contribution in [1.82, 2.24) is 20.9 Å². The Morgan fingerprint density at radius 1 is 1.03 bits per heavy atom. The minimum atomic E-state index is -0.749. The number of amides is 2. The Bertz CT molecular complexity index is 1110. The summed E-state index contributed by atoms with van der Waals surface area (Å²) in [5.74, 6) is -0.523. The number of halogens is 1. The molecule has 1 saturated heterocycles. The topological polar surface area (TPSA) is 106 Å². The first kappa shape index (κ1) is 24.3. The second-order valence-corrected chi connectivity index (χ2v) is 9.30. The summed E-state index contributed by atoms with van der Waals surface area (Å²) >= 11 is 6.01. The highest BCUT2D eigenvalue weighted by Gasteiger charge is 2.28. The zero-order valence-electron chi connectivity index (χ0n) is 19.0. The number of fused-ring (bicyclic) bond motifs is 1. The van der Waals surface area contributed by atoms with Gasteiger partial charge in [0.1, 0.15) is 6.04 Å². The Kier molecular flexibility index (Phi) is 8.21. The van der Waals surface area contributed by atoms with Crippen LogP contribution in [-0.4, -0.2) is 53.7 Å². The van der Waals surface area contributed by atoms with Crippen LogP contribution in [0.5, 0.6) is 0 Å². The number of H-pyrrole nitrogens is 1. The molecule has 2 atom stereocenters. The zero-order chi connectivity index (χ0) is 23.9. The standard InChI is InChI=1S/C26H31ClN4O3/c27-20-7-5-17(6-8-20)13-24(31-25(33)18-9-11-28-12-10-18)26(34)30-21(16-32)14-19-15-29-23-4-2-1-3-22(19)23/h1-8,15,18,21,24,28-29,32H,9-14,16H2,(H,30,34)(H,31,33)/t21-,24-/m1/s1. The SMILES string of the molecule is O=C(N[C@H](Cc1ccc(Cl)cc1)C(=O)N[C@@H](CO)Cc1c[nH]c2ccccc12)C1CCNCC1. The number of aliphatic hydroxyl groups is 1. The van der Waals surface area contributed by atoms with E-state index in [9.17, 15) is 14.7 Å². The number of piperidine rings is 1. The summed E-state index contributed by atoms with van der Waals surface area (Å²) in [7, 11) is 0. The molecule has 5 N–H and O–H groups in total. The molecule has 1 aliphatic heterocycles. The summed E-state index contributed by atoms with van der Waals surface area (Å²) in [4.78, 5) is 29.5. The molecule has 0 radical (unpaired) electrons. The molecular weight excluding hydrogens is 452 g/mol. The molecule has 0 aliphatic carbocycles. The van der Waals surface area contributed by atoms with Crippen molar-refractivity contribution in [3.8, 4) is 0 Å². The summed E-state index contributed by atoms with van der Waals surface area (Å²) in [6, 6.07) is 14.0. The van der Waals surface area contributed by atoms with Gasteiger partial charge in [-0.15, -0.1) is 0 Å². The van der Waals surface area contributed by atoms with Gasteiger partial charge in [-0.05, 0) is 61.7 Å². The highest BCUT2D eigenvalue weighted by atomic mass is 35.5. The number of aromatic nitrogens is 1. The van der Waals surface area contributed by atoms with E-state index in [1.165, 1.54) is 0 Å². The van der Waals surface area contributed by atoms with Gasteiger partial charge in [0.05, 0.1) is 12.6 Å². The monoisotopic (exact) mass is 482 g/mol. The summed E-state index contributed by atoms with van der Waals surface area (Å²) < 4.78 is 0. The van der Waals surface area contributed by atoms with Gasteiger partial charge in [-0.2, -0.15) is 0 Å². The fourth-order valence-corrected chi connectivity index (χ4v) is 4.59. The average molecular weight is 483 g/mol. The highest BCUT2D eigenvalue weighted by molar-refractivity contribution is 6.30. The van der Waals surface area contributed by atoms with Gasteiger partial charge in [0.2, 0.25) is 11.8 Å². The van der Waals surface area contributed by atoms with E-state index in [2.05, 4.69) is 20.9 Å². The summed E-state index contributed by atoms with van der Waals surface area (Å²) in [5, 5.41) is 20.9. The van der Waals surface area contributed by atoms with E-state index in [0.717, 1.165) is 48.0 Å². The minimum Gasteiger partial charge on any atom is -0.394 e. The van der Waals surface area contributed by atoms with Gasteiger partial charge in [-0.25, -0.2) is 0 Å². The lowest BCUT2D eigenvalue weighted by Crippen LogP contribution is -2.53. The number of para-hydroxylation sites is 1. The van der Waals surface area contributed by atoms with E-state index in [-0.39, 0.29) is 24.3 Å². The maximum atomic E-state index is 13.3. The van der Waals surface area contributed by atoms with Crippen LogP contribution in [-0.2, 0) is 22.4 Å². The molecular formula is C26H31ClN4O3. The lowest BCUT2D eigenvalue weighted by atomic mass is 9.96. The molecule has 34 heavy (non-hydrogen) atoms. The lowest BCUT2D eigenvalue weighted by Gasteiger charge is -2.26. The number of hydrogen-bond acceptors (Lipinski definition) is 4. The number of nitrogens with one attached hydrogen (secondary N) is 4. The van der Waals surface area contributed by atoms with Crippen LogP contribution in [0.2, 0.25) is 5.02 Å². The van der Waals surface area contributed by atoms with Crippen LogP contribution in [0.1, 0.15) is 24.0 Å². The summed E-state index contributed by atoms with van der Waals surface area (Å²) in [6.45, 7) is 1.38. The first-order valence-electron chi connectivity index (χ1n) is 11.7. The van der Waals surface area contributed by atoms with E-state index in [1.54, 1.807) is 12.1 Å². The molecule has 8 heteroatoms. The second kappa shape index (κ2) is 11.5. The van der Waals surface area contributed by atoms with Crippen LogP contribution >= 0.6 is 11.6 Å². The van der Waals surface area contributed by atoms with Crippen molar-refractivity contribution < 1.29 is 14.7 Å². The third-order valence-electron chi connectivity index (χ3n) is 6.40. The van der Waals surface area contributed by atoms with Gasteiger partial charge in [0.15, 0.2) is 0 Å². The lowest BCUT2D eigenvalue weighted by molar-refractivity contribution is -0.132. The zero-order valence-corrected chi connectivity index (χ0v) is 19.8. The van der Waals surface area contributed by atoms with E-state index >= 15 is 0 Å². The number of carbonyl (C=O) groups is 2.